The quantitative estimate of drug-likeness (QED) is 0.833. The number of hydrogen-bond donors (Lipinski definition) is 0. The van der Waals surface area contributed by atoms with Gasteiger partial charge in [-0.2, -0.15) is 0 Å². The fourth-order valence-corrected chi connectivity index (χ4v) is 4.39. The van der Waals surface area contributed by atoms with E-state index in [1.165, 1.54) is 17.0 Å². The zero-order valence-corrected chi connectivity index (χ0v) is 14.3. The molecule has 2 aromatic carbocycles. The highest BCUT2D eigenvalue weighted by molar-refractivity contribution is 7.92. The lowest BCUT2D eigenvalue weighted by Gasteiger charge is -2.38. The Morgan fingerprint density at radius 2 is 1.65 bits per heavy atom. The SMILES string of the molecule is O=C(c1cccc(Cl)c1)N1CC(S(=O)(=O)c2ccc(Cl)cc2)C1. The molecule has 7 heteroatoms. The number of carbonyl (C=O) groups excluding carboxylic acids is 1. The minimum atomic E-state index is -3.45. The summed E-state index contributed by atoms with van der Waals surface area (Å²) in [5.74, 6) is -0.213. The van der Waals surface area contributed by atoms with Crippen LogP contribution in [-0.2, 0) is 9.84 Å². The normalized spacial score (nSPS) is 15.3. The third-order valence-electron chi connectivity index (χ3n) is 3.79. The number of carbonyl (C=O) groups is 1. The molecule has 1 saturated heterocycles. The Hall–Kier alpha value is -1.56. The third-order valence-corrected chi connectivity index (χ3v) is 6.38. The van der Waals surface area contributed by atoms with Crippen LogP contribution < -0.4 is 0 Å². The van der Waals surface area contributed by atoms with Crippen LogP contribution in [0.15, 0.2) is 53.4 Å². The van der Waals surface area contributed by atoms with Gasteiger partial charge in [0.2, 0.25) is 0 Å². The van der Waals surface area contributed by atoms with Gasteiger partial charge in [-0.15, -0.1) is 0 Å². The van der Waals surface area contributed by atoms with Crippen LogP contribution in [0.5, 0.6) is 0 Å². The van der Waals surface area contributed by atoms with Crippen molar-refractivity contribution in [3.63, 3.8) is 0 Å². The second-order valence-electron chi connectivity index (χ2n) is 5.34. The second-order valence-corrected chi connectivity index (χ2v) is 8.44. The summed E-state index contributed by atoms with van der Waals surface area (Å²) in [6.45, 7) is 0.354. The Morgan fingerprint density at radius 1 is 1.00 bits per heavy atom. The van der Waals surface area contributed by atoms with Gasteiger partial charge < -0.3 is 4.90 Å². The van der Waals surface area contributed by atoms with Crippen LogP contribution in [0, 0.1) is 0 Å². The van der Waals surface area contributed by atoms with Gasteiger partial charge in [0.15, 0.2) is 9.84 Å². The van der Waals surface area contributed by atoms with Gasteiger partial charge in [-0.25, -0.2) is 8.42 Å². The zero-order chi connectivity index (χ0) is 16.6. The summed E-state index contributed by atoms with van der Waals surface area (Å²) in [5.41, 5.74) is 0.458. The zero-order valence-electron chi connectivity index (χ0n) is 11.9. The Bertz CT molecular complexity index is 844. The highest BCUT2D eigenvalue weighted by Gasteiger charge is 2.40. The van der Waals surface area contributed by atoms with Gasteiger partial charge >= 0.3 is 0 Å². The maximum absolute atomic E-state index is 12.5. The molecular formula is C16H13Cl2NO3S. The molecule has 1 heterocycles. The molecule has 0 spiro atoms. The Labute approximate surface area is 144 Å². The van der Waals surface area contributed by atoms with E-state index in [2.05, 4.69) is 0 Å². The molecule has 0 unspecified atom stereocenters. The summed E-state index contributed by atoms with van der Waals surface area (Å²) < 4.78 is 25.0. The van der Waals surface area contributed by atoms with Crippen LogP contribution >= 0.6 is 23.2 Å². The first-order valence-corrected chi connectivity index (χ1v) is 9.22. The number of nitrogens with zero attached hydrogens (tertiary/aromatic N) is 1. The van der Waals surface area contributed by atoms with Crippen LogP contribution in [0.3, 0.4) is 0 Å². The van der Waals surface area contributed by atoms with E-state index in [1.807, 2.05) is 0 Å². The first-order chi connectivity index (χ1) is 10.9. The molecule has 23 heavy (non-hydrogen) atoms. The van der Waals surface area contributed by atoms with Gasteiger partial charge in [0.05, 0.1) is 4.90 Å². The first kappa shape index (κ1) is 16.3. The minimum Gasteiger partial charge on any atom is -0.336 e. The third kappa shape index (κ3) is 3.22. The smallest absolute Gasteiger partial charge is 0.253 e. The Kier molecular flexibility index (Phi) is 4.36. The molecule has 3 rings (SSSR count). The van der Waals surface area contributed by atoms with Gasteiger partial charge in [0.25, 0.3) is 5.91 Å². The van der Waals surface area contributed by atoms with Gasteiger partial charge in [-0.3, -0.25) is 4.79 Å². The summed E-state index contributed by atoms with van der Waals surface area (Å²) in [6, 6.07) is 12.7. The number of benzene rings is 2. The number of hydrogen-bond acceptors (Lipinski definition) is 3. The summed E-state index contributed by atoms with van der Waals surface area (Å²) >= 11 is 11.6. The molecule has 0 saturated carbocycles. The molecule has 0 aromatic heterocycles. The summed E-state index contributed by atoms with van der Waals surface area (Å²) in [7, 11) is -3.45. The van der Waals surface area contributed by atoms with Crippen molar-refractivity contribution in [2.75, 3.05) is 13.1 Å². The number of likely N-dealkylation sites (tertiary alicyclic amines) is 1. The van der Waals surface area contributed by atoms with Crippen molar-refractivity contribution < 1.29 is 13.2 Å². The number of amides is 1. The summed E-state index contributed by atoms with van der Waals surface area (Å²) in [5, 5.41) is 0.365. The molecule has 1 aliphatic rings. The van der Waals surface area contributed by atoms with Crippen molar-refractivity contribution in [2.45, 2.75) is 10.1 Å². The lowest BCUT2D eigenvalue weighted by atomic mass is 10.1. The number of rotatable bonds is 3. The van der Waals surface area contributed by atoms with E-state index in [1.54, 1.807) is 36.4 Å². The molecule has 1 aliphatic heterocycles. The molecule has 0 atom stereocenters. The summed E-state index contributed by atoms with van der Waals surface area (Å²) in [4.78, 5) is 14.0. The van der Waals surface area contributed by atoms with Crippen molar-refractivity contribution >= 4 is 38.9 Å². The standard InChI is InChI=1S/C16H13Cl2NO3S/c17-12-4-6-14(7-5-12)23(21,22)15-9-19(10-15)16(20)11-2-1-3-13(18)8-11/h1-8,15H,9-10H2. The van der Waals surface area contributed by atoms with E-state index in [0.717, 1.165) is 0 Å². The monoisotopic (exact) mass is 369 g/mol. The average Bonchev–Trinajstić information content (AvgIpc) is 2.45. The molecule has 0 radical (unpaired) electrons. The second kappa shape index (κ2) is 6.15. The fourth-order valence-electron chi connectivity index (χ4n) is 2.42. The van der Waals surface area contributed by atoms with E-state index in [-0.39, 0.29) is 23.9 Å². The molecular weight excluding hydrogens is 357 g/mol. The largest absolute Gasteiger partial charge is 0.336 e. The van der Waals surface area contributed by atoms with Crippen LogP contribution in [0.25, 0.3) is 0 Å². The lowest BCUT2D eigenvalue weighted by molar-refractivity contribution is 0.0659. The molecule has 0 bridgehead atoms. The van der Waals surface area contributed by atoms with Gasteiger partial charge in [0.1, 0.15) is 5.25 Å². The predicted octanol–water partition coefficient (Wildman–Crippen LogP) is 3.29. The van der Waals surface area contributed by atoms with E-state index < -0.39 is 15.1 Å². The fraction of sp³-hybridized carbons (Fsp3) is 0.188. The van der Waals surface area contributed by atoms with E-state index in [9.17, 15) is 13.2 Å². The van der Waals surface area contributed by atoms with Crippen molar-refractivity contribution in [1.29, 1.82) is 0 Å². The van der Waals surface area contributed by atoms with E-state index >= 15 is 0 Å². The molecule has 0 aliphatic carbocycles. The highest BCUT2D eigenvalue weighted by Crippen LogP contribution is 2.26. The highest BCUT2D eigenvalue weighted by atomic mass is 35.5. The van der Waals surface area contributed by atoms with Gasteiger partial charge in [0, 0.05) is 28.7 Å². The van der Waals surface area contributed by atoms with Crippen molar-refractivity contribution in [1.82, 2.24) is 4.90 Å². The van der Waals surface area contributed by atoms with Crippen LogP contribution in [0.4, 0.5) is 0 Å². The van der Waals surface area contributed by atoms with Crippen molar-refractivity contribution in [2.24, 2.45) is 0 Å². The molecule has 1 amide bonds. The van der Waals surface area contributed by atoms with Crippen molar-refractivity contribution in [3.8, 4) is 0 Å². The molecule has 4 nitrogen and oxygen atoms in total. The van der Waals surface area contributed by atoms with Crippen molar-refractivity contribution in [3.05, 3.63) is 64.1 Å². The number of sulfone groups is 1. The van der Waals surface area contributed by atoms with E-state index in [4.69, 9.17) is 23.2 Å². The molecule has 0 N–H and O–H groups in total. The van der Waals surface area contributed by atoms with Gasteiger partial charge in [-0.05, 0) is 42.5 Å². The molecule has 1 fully saturated rings. The predicted molar refractivity (Wildman–Crippen MR) is 89.8 cm³/mol. The first-order valence-electron chi connectivity index (χ1n) is 6.92. The maximum Gasteiger partial charge on any atom is 0.253 e. The van der Waals surface area contributed by atoms with Crippen LogP contribution in [0.2, 0.25) is 10.0 Å². The molecule has 2 aromatic rings. The lowest BCUT2D eigenvalue weighted by Crippen LogP contribution is -2.56. The topological polar surface area (TPSA) is 54.5 Å². The van der Waals surface area contributed by atoms with Crippen LogP contribution in [0.1, 0.15) is 10.4 Å². The molecule has 120 valence electrons. The maximum atomic E-state index is 12.5. The Morgan fingerprint density at radius 3 is 2.26 bits per heavy atom. The van der Waals surface area contributed by atoms with E-state index in [0.29, 0.717) is 15.6 Å². The number of halogens is 2. The average molecular weight is 370 g/mol. The summed E-state index contributed by atoms with van der Waals surface area (Å²) in [6.07, 6.45) is 0. The van der Waals surface area contributed by atoms with Gasteiger partial charge in [-0.1, -0.05) is 29.3 Å². The Balaban J connectivity index is 1.71. The minimum absolute atomic E-state index is 0.177. The van der Waals surface area contributed by atoms with Crippen LogP contribution in [-0.4, -0.2) is 37.6 Å².